The van der Waals surface area contributed by atoms with Crippen LogP contribution in [0.15, 0.2) is 18.2 Å². The zero-order chi connectivity index (χ0) is 13.0. The third kappa shape index (κ3) is 3.22. The molecule has 1 aliphatic rings. The number of hydrogen-bond donors (Lipinski definition) is 0. The molecule has 0 unspecified atom stereocenters. The molecule has 0 aliphatic heterocycles. The van der Waals surface area contributed by atoms with Crippen molar-refractivity contribution >= 4 is 17.4 Å². The lowest BCUT2D eigenvalue weighted by atomic mass is 10.0. The van der Waals surface area contributed by atoms with Crippen LogP contribution in [0.2, 0.25) is 0 Å². The van der Waals surface area contributed by atoms with Gasteiger partial charge < -0.3 is 0 Å². The number of rotatable bonds is 4. The van der Waals surface area contributed by atoms with Gasteiger partial charge in [0.2, 0.25) is 5.82 Å². The first-order valence-electron chi connectivity index (χ1n) is 6.22. The Kier molecular flexibility index (Phi) is 4.58. The van der Waals surface area contributed by atoms with Gasteiger partial charge in [0.15, 0.2) is 0 Å². The van der Waals surface area contributed by atoms with E-state index in [1.54, 1.807) is 23.9 Å². The first-order chi connectivity index (χ1) is 8.68. The number of nitro groups is 1. The van der Waals surface area contributed by atoms with Gasteiger partial charge >= 0.3 is 5.69 Å². The van der Waals surface area contributed by atoms with E-state index in [9.17, 15) is 14.5 Å². The largest absolute Gasteiger partial charge is 0.305 e. The van der Waals surface area contributed by atoms with E-state index in [1.807, 2.05) is 0 Å². The van der Waals surface area contributed by atoms with Gasteiger partial charge in [-0.05, 0) is 12.8 Å². The molecule has 1 aromatic carbocycles. The Morgan fingerprint density at radius 3 is 2.72 bits per heavy atom. The molecule has 3 nitrogen and oxygen atoms in total. The lowest BCUT2D eigenvalue weighted by Crippen LogP contribution is -2.08. The highest BCUT2D eigenvalue weighted by Gasteiger charge is 2.19. The van der Waals surface area contributed by atoms with Crippen molar-refractivity contribution in [3.05, 3.63) is 39.7 Å². The number of hydrogen-bond acceptors (Lipinski definition) is 3. The molecule has 0 heterocycles. The summed E-state index contributed by atoms with van der Waals surface area (Å²) in [5, 5.41) is 11.2. The molecule has 0 amide bonds. The summed E-state index contributed by atoms with van der Waals surface area (Å²) in [5.41, 5.74) is 0.0246. The Balaban J connectivity index is 2.00. The quantitative estimate of drug-likeness (QED) is 0.604. The number of thioether (sulfide) groups is 1. The standard InChI is InChI=1S/C13H16FNO2S/c14-13-10(5-4-8-12(13)15(16)17)9-18-11-6-2-1-3-7-11/h4-5,8,11H,1-3,6-7,9H2. The summed E-state index contributed by atoms with van der Waals surface area (Å²) in [6, 6.07) is 4.40. The van der Waals surface area contributed by atoms with Crippen molar-refractivity contribution in [2.45, 2.75) is 43.1 Å². The molecule has 5 heteroatoms. The number of nitro benzene ring substituents is 1. The van der Waals surface area contributed by atoms with Crippen LogP contribution >= 0.6 is 11.8 Å². The predicted molar refractivity (Wildman–Crippen MR) is 71.2 cm³/mol. The van der Waals surface area contributed by atoms with Crippen LogP contribution in [-0.4, -0.2) is 10.2 Å². The molecule has 0 aromatic heterocycles. The molecule has 1 fully saturated rings. The maximum atomic E-state index is 13.8. The van der Waals surface area contributed by atoms with Crippen LogP contribution in [0, 0.1) is 15.9 Å². The van der Waals surface area contributed by atoms with Gasteiger partial charge in [0.05, 0.1) is 4.92 Å². The average molecular weight is 269 g/mol. The molecule has 1 saturated carbocycles. The van der Waals surface area contributed by atoms with E-state index in [-0.39, 0.29) is 0 Å². The Hall–Kier alpha value is -1.10. The summed E-state index contributed by atoms with van der Waals surface area (Å²) in [7, 11) is 0. The summed E-state index contributed by atoms with van der Waals surface area (Å²) < 4.78 is 13.8. The number of benzene rings is 1. The SMILES string of the molecule is O=[N+]([O-])c1cccc(CSC2CCCCC2)c1F. The molecule has 1 aromatic rings. The van der Waals surface area contributed by atoms with Crippen molar-refractivity contribution in [2.24, 2.45) is 0 Å². The second-order valence-electron chi connectivity index (χ2n) is 4.58. The zero-order valence-corrected chi connectivity index (χ0v) is 10.9. The van der Waals surface area contributed by atoms with Crippen LogP contribution in [0.5, 0.6) is 0 Å². The molecule has 0 saturated heterocycles. The second kappa shape index (κ2) is 6.18. The maximum Gasteiger partial charge on any atom is 0.305 e. The van der Waals surface area contributed by atoms with Gasteiger partial charge in [-0.25, -0.2) is 0 Å². The minimum Gasteiger partial charge on any atom is -0.258 e. The van der Waals surface area contributed by atoms with Gasteiger partial charge in [-0.15, -0.1) is 0 Å². The van der Waals surface area contributed by atoms with Crippen molar-refractivity contribution in [1.29, 1.82) is 0 Å². The molecular weight excluding hydrogens is 253 g/mol. The highest BCUT2D eigenvalue weighted by Crippen LogP contribution is 2.32. The van der Waals surface area contributed by atoms with E-state index in [0.29, 0.717) is 16.6 Å². The summed E-state index contributed by atoms with van der Waals surface area (Å²) in [6.45, 7) is 0. The minimum absolute atomic E-state index is 0.420. The topological polar surface area (TPSA) is 43.1 Å². The Morgan fingerprint density at radius 2 is 2.06 bits per heavy atom. The van der Waals surface area contributed by atoms with Crippen molar-refractivity contribution in [3.63, 3.8) is 0 Å². The van der Waals surface area contributed by atoms with Crippen molar-refractivity contribution < 1.29 is 9.31 Å². The summed E-state index contributed by atoms with van der Waals surface area (Å²) in [4.78, 5) is 9.98. The van der Waals surface area contributed by atoms with E-state index < -0.39 is 16.4 Å². The van der Waals surface area contributed by atoms with Gasteiger partial charge in [-0.1, -0.05) is 31.4 Å². The highest BCUT2D eigenvalue weighted by molar-refractivity contribution is 7.99. The van der Waals surface area contributed by atoms with Crippen molar-refractivity contribution in [2.75, 3.05) is 0 Å². The average Bonchev–Trinajstić information content (AvgIpc) is 2.38. The van der Waals surface area contributed by atoms with Crippen molar-refractivity contribution in [3.8, 4) is 0 Å². The summed E-state index contributed by atoms with van der Waals surface area (Å²) in [6.07, 6.45) is 6.15. The Labute approximate surface area is 110 Å². The molecule has 0 atom stereocenters. The van der Waals surface area contributed by atoms with Crippen LogP contribution in [0.4, 0.5) is 10.1 Å². The number of nitrogens with zero attached hydrogens (tertiary/aromatic N) is 1. The van der Waals surface area contributed by atoms with E-state index >= 15 is 0 Å². The Bertz CT molecular complexity index is 433. The third-order valence-electron chi connectivity index (χ3n) is 3.28. The van der Waals surface area contributed by atoms with Gasteiger partial charge in [-0.2, -0.15) is 16.2 Å². The predicted octanol–water partition coefficient (Wildman–Crippen LogP) is 4.30. The van der Waals surface area contributed by atoms with E-state index in [2.05, 4.69) is 0 Å². The van der Waals surface area contributed by atoms with E-state index in [4.69, 9.17) is 0 Å². The molecule has 0 N–H and O–H groups in total. The lowest BCUT2D eigenvalue weighted by Gasteiger charge is -2.20. The fraction of sp³-hybridized carbons (Fsp3) is 0.538. The molecule has 2 rings (SSSR count). The summed E-state index contributed by atoms with van der Waals surface area (Å²) in [5.74, 6) is -0.149. The van der Waals surface area contributed by atoms with Crippen molar-refractivity contribution in [1.82, 2.24) is 0 Å². The van der Waals surface area contributed by atoms with Gasteiger partial charge in [-0.3, -0.25) is 10.1 Å². The fourth-order valence-corrected chi connectivity index (χ4v) is 3.56. The van der Waals surface area contributed by atoms with E-state index in [1.165, 1.54) is 38.2 Å². The van der Waals surface area contributed by atoms with Crippen LogP contribution in [0.1, 0.15) is 37.7 Å². The van der Waals surface area contributed by atoms with Gasteiger partial charge in [0.25, 0.3) is 0 Å². The van der Waals surface area contributed by atoms with Crippen LogP contribution in [-0.2, 0) is 5.75 Å². The van der Waals surface area contributed by atoms with E-state index in [0.717, 1.165) is 0 Å². The maximum absolute atomic E-state index is 13.8. The molecular formula is C13H16FNO2S. The smallest absolute Gasteiger partial charge is 0.258 e. The summed E-state index contributed by atoms with van der Waals surface area (Å²) >= 11 is 1.72. The monoisotopic (exact) mass is 269 g/mol. The molecule has 0 spiro atoms. The second-order valence-corrected chi connectivity index (χ2v) is 5.87. The normalized spacial score (nSPS) is 16.7. The minimum atomic E-state index is -0.675. The molecule has 98 valence electrons. The lowest BCUT2D eigenvalue weighted by molar-refractivity contribution is -0.387. The van der Waals surface area contributed by atoms with Gasteiger partial charge in [0.1, 0.15) is 0 Å². The Morgan fingerprint density at radius 1 is 1.33 bits per heavy atom. The highest BCUT2D eigenvalue weighted by atomic mass is 32.2. The molecule has 18 heavy (non-hydrogen) atoms. The first-order valence-corrected chi connectivity index (χ1v) is 7.26. The molecule has 0 bridgehead atoms. The third-order valence-corrected chi connectivity index (χ3v) is 4.70. The zero-order valence-electron chi connectivity index (χ0n) is 10.1. The molecule has 1 aliphatic carbocycles. The van der Waals surface area contributed by atoms with Crippen LogP contribution < -0.4 is 0 Å². The van der Waals surface area contributed by atoms with Crippen LogP contribution in [0.3, 0.4) is 0 Å². The number of halogens is 1. The first kappa shape index (κ1) is 13.3. The fourth-order valence-electron chi connectivity index (χ4n) is 2.26. The van der Waals surface area contributed by atoms with Crippen LogP contribution in [0.25, 0.3) is 0 Å². The van der Waals surface area contributed by atoms with Gasteiger partial charge in [0, 0.05) is 22.6 Å². The molecule has 0 radical (unpaired) electrons.